The molecule has 4 heterocycles. The van der Waals surface area contributed by atoms with Crippen LogP contribution in [0, 0.1) is 12.8 Å². The number of aryl methyl sites for hydroxylation is 1. The zero-order valence-corrected chi connectivity index (χ0v) is 10.8. The number of hydrogen-bond donors (Lipinski definition) is 1. The SMILES string of the molecule is Cc1cnc(C(=O)NC2CN3CCC2CC3)s1. The number of hydrogen-bond acceptors (Lipinski definition) is 4. The maximum Gasteiger partial charge on any atom is 0.280 e. The van der Waals surface area contributed by atoms with Crippen LogP contribution in [0.5, 0.6) is 0 Å². The summed E-state index contributed by atoms with van der Waals surface area (Å²) >= 11 is 1.47. The molecule has 1 aromatic heterocycles. The van der Waals surface area contributed by atoms with E-state index in [-0.39, 0.29) is 5.91 Å². The number of aromatic nitrogens is 1. The summed E-state index contributed by atoms with van der Waals surface area (Å²) in [5.41, 5.74) is 0. The average Bonchev–Trinajstić information content (AvgIpc) is 2.77. The van der Waals surface area contributed by atoms with E-state index in [9.17, 15) is 4.79 Å². The lowest BCUT2D eigenvalue weighted by Crippen LogP contribution is -2.57. The molecule has 3 saturated heterocycles. The van der Waals surface area contributed by atoms with Crippen molar-refractivity contribution in [2.45, 2.75) is 25.8 Å². The van der Waals surface area contributed by atoms with Crippen molar-refractivity contribution in [2.75, 3.05) is 19.6 Å². The Balaban J connectivity index is 1.65. The summed E-state index contributed by atoms with van der Waals surface area (Å²) in [5, 5.41) is 3.74. The van der Waals surface area contributed by atoms with E-state index in [0.717, 1.165) is 11.4 Å². The molecule has 3 aliphatic heterocycles. The number of rotatable bonds is 2. The van der Waals surface area contributed by atoms with E-state index >= 15 is 0 Å². The van der Waals surface area contributed by atoms with Gasteiger partial charge in [-0.3, -0.25) is 4.79 Å². The van der Waals surface area contributed by atoms with Crippen LogP contribution in [0.2, 0.25) is 0 Å². The van der Waals surface area contributed by atoms with Gasteiger partial charge >= 0.3 is 0 Å². The first-order valence-electron chi connectivity index (χ1n) is 6.18. The molecule has 2 bridgehead atoms. The van der Waals surface area contributed by atoms with E-state index < -0.39 is 0 Å². The zero-order chi connectivity index (χ0) is 11.8. The van der Waals surface area contributed by atoms with E-state index in [1.807, 2.05) is 6.92 Å². The van der Waals surface area contributed by atoms with Crippen molar-refractivity contribution < 1.29 is 4.79 Å². The lowest BCUT2D eigenvalue weighted by molar-refractivity contribution is 0.0620. The van der Waals surface area contributed by atoms with Gasteiger partial charge in [-0.1, -0.05) is 0 Å². The van der Waals surface area contributed by atoms with Gasteiger partial charge in [-0.2, -0.15) is 0 Å². The highest BCUT2D eigenvalue weighted by Crippen LogP contribution is 2.27. The molecule has 3 aliphatic rings. The highest BCUT2D eigenvalue weighted by Gasteiger charge is 2.35. The third kappa shape index (κ3) is 2.21. The Labute approximate surface area is 105 Å². The Morgan fingerprint density at radius 1 is 1.53 bits per heavy atom. The molecule has 5 heteroatoms. The van der Waals surface area contributed by atoms with E-state index in [1.54, 1.807) is 6.20 Å². The molecule has 0 aromatic carbocycles. The van der Waals surface area contributed by atoms with Crippen molar-refractivity contribution in [1.82, 2.24) is 15.2 Å². The third-order valence-electron chi connectivity index (χ3n) is 3.79. The highest BCUT2D eigenvalue weighted by molar-refractivity contribution is 7.13. The van der Waals surface area contributed by atoms with Gasteiger partial charge in [0.25, 0.3) is 5.91 Å². The molecule has 0 spiro atoms. The molecule has 4 rings (SSSR count). The first kappa shape index (κ1) is 11.2. The monoisotopic (exact) mass is 251 g/mol. The van der Waals surface area contributed by atoms with Crippen LogP contribution in [-0.2, 0) is 0 Å². The van der Waals surface area contributed by atoms with Gasteiger partial charge in [0.05, 0.1) is 0 Å². The average molecular weight is 251 g/mol. The molecule has 1 atom stereocenters. The Morgan fingerprint density at radius 2 is 2.29 bits per heavy atom. The molecule has 3 fully saturated rings. The summed E-state index contributed by atoms with van der Waals surface area (Å²) in [6, 6.07) is 0.328. The number of fused-ring (bicyclic) bond motifs is 3. The second-order valence-electron chi connectivity index (χ2n) is 4.99. The molecular formula is C12H17N3OS. The lowest BCUT2D eigenvalue weighted by atomic mass is 9.84. The molecule has 17 heavy (non-hydrogen) atoms. The first-order chi connectivity index (χ1) is 8.22. The Kier molecular flexibility index (Phi) is 2.88. The van der Waals surface area contributed by atoms with E-state index in [2.05, 4.69) is 15.2 Å². The summed E-state index contributed by atoms with van der Waals surface area (Å²) in [5.74, 6) is 0.673. The number of thiazole rings is 1. The van der Waals surface area contributed by atoms with Crippen molar-refractivity contribution in [1.29, 1.82) is 0 Å². The quantitative estimate of drug-likeness (QED) is 0.861. The van der Waals surface area contributed by atoms with Crippen molar-refractivity contribution in [3.8, 4) is 0 Å². The normalized spacial score (nSPS) is 31.5. The largest absolute Gasteiger partial charge is 0.346 e. The second-order valence-corrected chi connectivity index (χ2v) is 6.23. The van der Waals surface area contributed by atoms with Crippen molar-refractivity contribution >= 4 is 17.2 Å². The van der Waals surface area contributed by atoms with Gasteiger partial charge in [0, 0.05) is 23.7 Å². The minimum Gasteiger partial charge on any atom is -0.346 e. The highest BCUT2D eigenvalue weighted by atomic mass is 32.1. The van der Waals surface area contributed by atoms with E-state index in [0.29, 0.717) is 17.0 Å². The Morgan fingerprint density at radius 3 is 2.82 bits per heavy atom. The lowest BCUT2D eigenvalue weighted by Gasteiger charge is -2.44. The van der Waals surface area contributed by atoms with Crippen LogP contribution in [0.4, 0.5) is 0 Å². The molecule has 92 valence electrons. The topological polar surface area (TPSA) is 45.2 Å². The Bertz CT molecular complexity index is 423. The molecule has 4 nitrogen and oxygen atoms in total. The molecular weight excluding hydrogens is 234 g/mol. The molecule has 1 unspecified atom stereocenters. The predicted molar refractivity (Wildman–Crippen MR) is 67.3 cm³/mol. The van der Waals surface area contributed by atoms with Gasteiger partial charge < -0.3 is 10.2 Å². The summed E-state index contributed by atoms with van der Waals surface area (Å²) < 4.78 is 0. The van der Waals surface area contributed by atoms with Crippen LogP contribution in [0.1, 0.15) is 27.5 Å². The van der Waals surface area contributed by atoms with Gasteiger partial charge in [-0.25, -0.2) is 4.98 Å². The van der Waals surface area contributed by atoms with Crippen LogP contribution >= 0.6 is 11.3 Å². The maximum atomic E-state index is 12.0. The molecule has 0 saturated carbocycles. The molecule has 0 aliphatic carbocycles. The van der Waals surface area contributed by atoms with Crippen LogP contribution in [0.15, 0.2) is 6.20 Å². The van der Waals surface area contributed by atoms with Crippen LogP contribution < -0.4 is 5.32 Å². The van der Waals surface area contributed by atoms with Crippen molar-refractivity contribution in [3.63, 3.8) is 0 Å². The smallest absolute Gasteiger partial charge is 0.280 e. The standard InChI is InChI=1S/C12H17N3OS/c1-8-6-13-12(17-8)11(16)14-10-7-15-4-2-9(10)3-5-15/h6,9-10H,2-5,7H2,1H3,(H,14,16). The molecule has 1 N–H and O–H groups in total. The van der Waals surface area contributed by atoms with Gasteiger partial charge in [0.2, 0.25) is 0 Å². The number of carbonyl (C=O) groups excluding carboxylic acids is 1. The molecule has 1 aromatic rings. The van der Waals surface area contributed by atoms with Gasteiger partial charge in [-0.05, 0) is 38.8 Å². The number of amides is 1. The fourth-order valence-electron chi connectivity index (χ4n) is 2.82. The number of nitrogens with zero attached hydrogens (tertiary/aromatic N) is 2. The molecule has 1 amide bonds. The van der Waals surface area contributed by atoms with Gasteiger partial charge in [-0.15, -0.1) is 11.3 Å². The van der Waals surface area contributed by atoms with Crippen molar-refractivity contribution in [2.24, 2.45) is 5.92 Å². The summed E-state index contributed by atoms with van der Waals surface area (Å²) in [6.45, 7) is 5.39. The fraction of sp³-hybridized carbons (Fsp3) is 0.667. The first-order valence-corrected chi connectivity index (χ1v) is 6.99. The number of piperidine rings is 3. The minimum atomic E-state index is 0.00171. The summed E-state index contributed by atoms with van der Waals surface area (Å²) in [6.07, 6.45) is 4.21. The Hall–Kier alpha value is -0.940. The zero-order valence-electron chi connectivity index (χ0n) is 9.98. The van der Waals surface area contributed by atoms with Crippen LogP contribution in [-0.4, -0.2) is 41.5 Å². The fourth-order valence-corrected chi connectivity index (χ4v) is 3.49. The minimum absolute atomic E-state index is 0.00171. The maximum absolute atomic E-state index is 12.0. The summed E-state index contributed by atoms with van der Waals surface area (Å²) in [7, 11) is 0. The van der Waals surface area contributed by atoms with Crippen LogP contribution in [0.3, 0.4) is 0 Å². The predicted octanol–water partition coefficient (Wildman–Crippen LogP) is 1.28. The third-order valence-corrected chi connectivity index (χ3v) is 4.70. The van der Waals surface area contributed by atoms with Gasteiger partial charge in [0.15, 0.2) is 5.01 Å². The van der Waals surface area contributed by atoms with E-state index in [1.165, 1.54) is 37.3 Å². The molecule has 0 radical (unpaired) electrons. The summed E-state index contributed by atoms with van der Waals surface area (Å²) in [4.78, 5) is 19.7. The van der Waals surface area contributed by atoms with Crippen molar-refractivity contribution in [3.05, 3.63) is 16.1 Å². The number of nitrogens with one attached hydrogen (secondary N) is 1. The van der Waals surface area contributed by atoms with Gasteiger partial charge in [0.1, 0.15) is 0 Å². The number of carbonyl (C=O) groups is 1. The second kappa shape index (κ2) is 4.38. The van der Waals surface area contributed by atoms with E-state index in [4.69, 9.17) is 0 Å². The van der Waals surface area contributed by atoms with Crippen LogP contribution in [0.25, 0.3) is 0 Å².